The number of aromatic amines is 1. The molecule has 0 unspecified atom stereocenters. The Kier molecular flexibility index (Phi) is 2.99. The topological polar surface area (TPSA) is 53.1 Å². The van der Waals surface area contributed by atoms with E-state index in [2.05, 4.69) is 11.6 Å². The summed E-state index contributed by atoms with van der Waals surface area (Å²) in [6.45, 7) is 9.45. The summed E-state index contributed by atoms with van der Waals surface area (Å²) < 4.78 is 0. The number of fused-ring (bicyclic) bond motifs is 1. The zero-order valence-corrected chi connectivity index (χ0v) is 10.9. The molecule has 94 valence electrons. The first-order chi connectivity index (χ1) is 8.40. The van der Waals surface area contributed by atoms with E-state index < -0.39 is 0 Å². The van der Waals surface area contributed by atoms with E-state index in [1.54, 1.807) is 13.0 Å². The van der Waals surface area contributed by atoms with Crippen LogP contribution in [0.25, 0.3) is 10.9 Å². The number of benzene rings is 1. The largest absolute Gasteiger partial charge is 0.507 e. The Morgan fingerprint density at radius 2 is 2.00 bits per heavy atom. The second-order valence-electron chi connectivity index (χ2n) is 4.91. The molecule has 0 amide bonds. The Bertz CT molecular complexity index is 696. The van der Waals surface area contributed by atoms with Crippen LogP contribution in [0.4, 0.5) is 0 Å². The number of H-pyrrole nitrogens is 1. The van der Waals surface area contributed by atoms with E-state index in [0.717, 1.165) is 16.7 Å². The molecule has 18 heavy (non-hydrogen) atoms. The maximum atomic E-state index is 11.6. The predicted molar refractivity (Wildman–Crippen MR) is 74.2 cm³/mol. The van der Waals surface area contributed by atoms with Gasteiger partial charge in [-0.3, -0.25) is 4.79 Å². The number of nitrogens with one attached hydrogen (secondary N) is 1. The summed E-state index contributed by atoms with van der Waals surface area (Å²) in [5.74, 6) is 0.234. The van der Waals surface area contributed by atoms with Crippen molar-refractivity contribution in [1.82, 2.24) is 4.98 Å². The van der Waals surface area contributed by atoms with Gasteiger partial charge in [-0.25, -0.2) is 0 Å². The summed E-state index contributed by atoms with van der Waals surface area (Å²) in [6, 6.07) is 3.63. The van der Waals surface area contributed by atoms with Crippen LogP contribution in [-0.2, 0) is 6.42 Å². The monoisotopic (exact) mass is 243 g/mol. The lowest BCUT2D eigenvalue weighted by Gasteiger charge is -2.11. The molecule has 1 aromatic heterocycles. The van der Waals surface area contributed by atoms with Gasteiger partial charge in [-0.1, -0.05) is 12.2 Å². The maximum Gasteiger partial charge on any atom is 0.251 e. The van der Waals surface area contributed by atoms with Gasteiger partial charge >= 0.3 is 0 Å². The van der Waals surface area contributed by atoms with Crippen molar-refractivity contribution in [3.8, 4) is 5.75 Å². The fraction of sp³-hybridized carbons (Fsp3) is 0.267. The first kappa shape index (κ1) is 12.4. The number of aryl methyl sites for hydroxylation is 2. The zero-order valence-electron chi connectivity index (χ0n) is 10.9. The summed E-state index contributed by atoms with van der Waals surface area (Å²) in [5, 5.41) is 11.0. The van der Waals surface area contributed by atoms with Gasteiger partial charge in [0.2, 0.25) is 0 Å². The third kappa shape index (κ3) is 2.04. The highest BCUT2D eigenvalue weighted by molar-refractivity contribution is 5.89. The van der Waals surface area contributed by atoms with Gasteiger partial charge in [-0.05, 0) is 50.5 Å². The summed E-state index contributed by atoms with van der Waals surface area (Å²) >= 11 is 0. The van der Waals surface area contributed by atoms with E-state index in [0.29, 0.717) is 22.9 Å². The first-order valence-electron chi connectivity index (χ1n) is 5.89. The molecule has 1 aromatic carbocycles. The molecule has 0 aliphatic heterocycles. The molecule has 3 heteroatoms. The Balaban J connectivity index is 2.81. The molecule has 2 N–H and O–H groups in total. The van der Waals surface area contributed by atoms with Crippen LogP contribution in [-0.4, -0.2) is 10.1 Å². The highest BCUT2D eigenvalue weighted by Gasteiger charge is 2.11. The molecule has 0 spiro atoms. The number of phenolic OH excluding ortho intramolecular Hbond substituents is 1. The molecular weight excluding hydrogens is 226 g/mol. The predicted octanol–water partition coefficient (Wildman–Crippen LogP) is 2.97. The van der Waals surface area contributed by atoms with Crippen LogP contribution >= 0.6 is 0 Å². The lowest BCUT2D eigenvalue weighted by molar-refractivity contribution is 0.475. The Hall–Kier alpha value is -2.03. The molecule has 1 heterocycles. The number of aromatic hydroxyl groups is 1. The van der Waals surface area contributed by atoms with E-state index in [9.17, 15) is 9.90 Å². The molecular formula is C15H17NO2. The Labute approximate surface area is 106 Å². The van der Waals surface area contributed by atoms with Crippen LogP contribution in [0.5, 0.6) is 5.75 Å². The van der Waals surface area contributed by atoms with Gasteiger partial charge in [-0.15, -0.1) is 0 Å². The molecule has 0 aliphatic carbocycles. The number of allylic oxidation sites excluding steroid dienone is 1. The second-order valence-corrected chi connectivity index (χ2v) is 4.91. The quantitative estimate of drug-likeness (QED) is 0.797. The van der Waals surface area contributed by atoms with E-state index in [1.807, 2.05) is 19.9 Å². The highest BCUT2D eigenvalue weighted by atomic mass is 16.3. The summed E-state index contributed by atoms with van der Waals surface area (Å²) in [7, 11) is 0. The Morgan fingerprint density at radius 3 is 2.61 bits per heavy atom. The minimum Gasteiger partial charge on any atom is -0.507 e. The van der Waals surface area contributed by atoms with Crippen molar-refractivity contribution in [3.63, 3.8) is 0 Å². The van der Waals surface area contributed by atoms with Crippen LogP contribution in [0.1, 0.15) is 23.6 Å². The number of phenols is 1. The average Bonchev–Trinajstić information content (AvgIpc) is 2.28. The van der Waals surface area contributed by atoms with Crippen molar-refractivity contribution in [2.75, 3.05) is 0 Å². The van der Waals surface area contributed by atoms with Gasteiger partial charge in [0.1, 0.15) is 5.75 Å². The van der Waals surface area contributed by atoms with Crippen molar-refractivity contribution >= 4 is 10.9 Å². The number of hydrogen-bond acceptors (Lipinski definition) is 2. The molecule has 0 fully saturated rings. The van der Waals surface area contributed by atoms with Crippen LogP contribution in [0, 0.1) is 13.8 Å². The highest BCUT2D eigenvalue weighted by Crippen LogP contribution is 2.31. The smallest absolute Gasteiger partial charge is 0.251 e. The van der Waals surface area contributed by atoms with Crippen LogP contribution in [0.15, 0.2) is 29.1 Å². The molecule has 0 saturated carbocycles. The number of pyridine rings is 1. The van der Waals surface area contributed by atoms with Gasteiger partial charge in [-0.2, -0.15) is 0 Å². The SMILES string of the molecule is C=C(C)Cc1cc(C)c2[nH]c(=O)c(C)cc2c1O. The van der Waals surface area contributed by atoms with E-state index in [1.165, 1.54) is 0 Å². The van der Waals surface area contributed by atoms with Crippen molar-refractivity contribution in [2.24, 2.45) is 0 Å². The third-order valence-electron chi connectivity index (χ3n) is 3.06. The normalized spacial score (nSPS) is 10.8. The zero-order chi connectivity index (χ0) is 13.4. The summed E-state index contributed by atoms with van der Waals surface area (Å²) in [6.07, 6.45) is 0.640. The van der Waals surface area contributed by atoms with Crippen molar-refractivity contribution in [3.05, 3.63) is 51.3 Å². The summed E-state index contributed by atoms with van der Waals surface area (Å²) in [4.78, 5) is 14.4. The first-order valence-corrected chi connectivity index (χ1v) is 5.89. The van der Waals surface area contributed by atoms with Gasteiger partial charge in [0.15, 0.2) is 0 Å². The van der Waals surface area contributed by atoms with Crippen molar-refractivity contribution in [1.29, 1.82) is 0 Å². The van der Waals surface area contributed by atoms with E-state index in [4.69, 9.17) is 0 Å². The van der Waals surface area contributed by atoms with E-state index in [-0.39, 0.29) is 11.3 Å². The van der Waals surface area contributed by atoms with Gasteiger partial charge in [0, 0.05) is 10.9 Å². The fourth-order valence-corrected chi connectivity index (χ4v) is 2.17. The van der Waals surface area contributed by atoms with Crippen LogP contribution in [0.2, 0.25) is 0 Å². The number of rotatable bonds is 2. The van der Waals surface area contributed by atoms with Crippen molar-refractivity contribution in [2.45, 2.75) is 27.2 Å². The molecule has 3 nitrogen and oxygen atoms in total. The molecule has 0 bridgehead atoms. The van der Waals surface area contributed by atoms with E-state index >= 15 is 0 Å². The molecule has 2 rings (SSSR count). The van der Waals surface area contributed by atoms with Gasteiger partial charge < -0.3 is 10.1 Å². The minimum absolute atomic E-state index is 0.113. The van der Waals surface area contributed by atoms with Gasteiger partial charge in [0.25, 0.3) is 5.56 Å². The van der Waals surface area contributed by atoms with Crippen LogP contribution < -0.4 is 5.56 Å². The number of aromatic nitrogens is 1. The fourth-order valence-electron chi connectivity index (χ4n) is 2.17. The lowest BCUT2D eigenvalue weighted by atomic mass is 9.99. The second kappa shape index (κ2) is 4.33. The molecule has 2 aromatic rings. The molecule has 0 atom stereocenters. The molecule has 0 radical (unpaired) electrons. The summed E-state index contributed by atoms with van der Waals surface area (Å²) in [5.41, 5.74) is 3.98. The van der Waals surface area contributed by atoms with Crippen molar-refractivity contribution < 1.29 is 5.11 Å². The lowest BCUT2D eigenvalue weighted by Crippen LogP contribution is -2.09. The number of hydrogen-bond donors (Lipinski definition) is 2. The van der Waals surface area contributed by atoms with Gasteiger partial charge in [0.05, 0.1) is 5.52 Å². The maximum absolute atomic E-state index is 11.6. The average molecular weight is 243 g/mol. The Morgan fingerprint density at radius 1 is 1.33 bits per heavy atom. The standard InChI is InChI=1S/C15H17NO2/c1-8(2)5-11-6-9(3)13-12(14(11)17)7-10(4)15(18)16-13/h6-7,17H,1,5H2,2-4H3,(H,16,18). The third-order valence-corrected chi connectivity index (χ3v) is 3.06. The minimum atomic E-state index is -0.113. The molecule has 0 saturated heterocycles. The van der Waals surface area contributed by atoms with Crippen LogP contribution in [0.3, 0.4) is 0 Å². The molecule has 0 aliphatic rings.